The van der Waals surface area contributed by atoms with E-state index in [4.69, 9.17) is 0 Å². The first-order valence-corrected chi connectivity index (χ1v) is 9.03. The van der Waals surface area contributed by atoms with E-state index in [2.05, 4.69) is 69.9 Å². The van der Waals surface area contributed by atoms with E-state index in [1.807, 2.05) is 0 Å². The van der Waals surface area contributed by atoms with Gasteiger partial charge in [-0.15, -0.1) is 0 Å². The zero-order valence-electron chi connectivity index (χ0n) is 13.6. The van der Waals surface area contributed by atoms with Crippen LogP contribution in [0.25, 0.3) is 0 Å². The summed E-state index contributed by atoms with van der Waals surface area (Å²) in [5.41, 5.74) is 4.76. The second kappa shape index (κ2) is 6.53. The van der Waals surface area contributed by atoms with Crippen LogP contribution in [0.15, 0.2) is 18.2 Å². The lowest BCUT2D eigenvalue weighted by Crippen LogP contribution is -2.29. The SMILES string of the molecule is CCCNC1c2cc(C(C)(C)C)ccc2CSCC1C. The maximum atomic E-state index is 3.78. The molecular weight excluding hydrogens is 262 g/mol. The van der Waals surface area contributed by atoms with Gasteiger partial charge in [0, 0.05) is 11.8 Å². The van der Waals surface area contributed by atoms with E-state index in [1.54, 1.807) is 5.56 Å². The highest BCUT2D eigenvalue weighted by molar-refractivity contribution is 7.98. The second-order valence-corrected chi connectivity index (χ2v) is 8.12. The summed E-state index contributed by atoms with van der Waals surface area (Å²) < 4.78 is 0. The molecule has 0 bridgehead atoms. The maximum Gasteiger partial charge on any atom is 0.0357 e. The Morgan fingerprint density at radius 1 is 1.30 bits per heavy atom. The van der Waals surface area contributed by atoms with Gasteiger partial charge in [-0.3, -0.25) is 0 Å². The molecule has 0 saturated heterocycles. The van der Waals surface area contributed by atoms with Crippen LogP contribution >= 0.6 is 11.8 Å². The molecule has 0 amide bonds. The van der Waals surface area contributed by atoms with Crippen LogP contribution in [-0.2, 0) is 11.2 Å². The minimum atomic E-state index is 0.229. The second-order valence-electron chi connectivity index (χ2n) is 7.09. The molecule has 1 nitrogen and oxygen atoms in total. The monoisotopic (exact) mass is 291 g/mol. The Bertz CT molecular complexity index is 447. The molecule has 20 heavy (non-hydrogen) atoms. The predicted octanol–water partition coefficient (Wildman–Crippen LogP) is 4.91. The molecular formula is C18H29NS. The van der Waals surface area contributed by atoms with Gasteiger partial charge in [-0.05, 0) is 46.7 Å². The van der Waals surface area contributed by atoms with Crippen molar-refractivity contribution >= 4 is 11.8 Å². The summed E-state index contributed by atoms with van der Waals surface area (Å²) in [5.74, 6) is 3.11. The van der Waals surface area contributed by atoms with Crippen LogP contribution in [0.5, 0.6) is 0 Å². The van der Waals surface area contributed by atoms with Gasteiger partial charge >= 0.3 is 0 Å². The Labute approximate surface area is 128 Å². The number of hydrogen-bond acceptors (Lipinski definition) is 2. The van der Waals surface area contributed by atoms with Gasteiger partial charge in [0.15, 0.2) is 0 Å². The Balaban J connectivity index is 2.39. The van der Waals surface area contributed by atoms with Crippen LogP contribution < -0.4 is 5.32 Å². The number of rotatable bonds is 3. The Morgan fingerprint density at radius 2 is 2.05 bits per heavy atom. The molecule has 1 N–H and O–H groups in total. The van der Waals surface area contributed by atoms with Gasteiger partial charge in [0.1, 0.15) is 0 Å². The lowest BCUT2D eigenvalue weighted by Gasteiger charge is -2.27. The van der Waals surface area contributed by atoms with Crippen molar-refractivity contribution in [1.82, 2.24) is 5.32 Å². The van der Waals surface area contributed by atoms with E-state index in [-0.39, 0.29) is 5.41 Å². The van der Waals surface area contributed by atoms with Gasteiger partial charge in [0.2, 0.25) is 0 Å². The number of hydrogen-bond donors (Lipinski definition) is 1. The lowest BCUT2D eigenvalue weighted by atomic mass is 9.83. The molecule has 2 heteroatoms. The molecule has 0 radical (unpaired) electrons. The van der Waals surface area contributed by atoms with E-state index in [1.165, 1.54) is 23.3 Å². The quantitative estimate of drug-likeness (QED) is 0.849. The minimum Gasteiger partial charge on any atom is -0.310 e. The molecule has 0 spiro atoms. The average Bonchev–Trinajstić information content (AvgIpc) is 2.53. The minimum absolute atomic E-state index is 0.229. The van der Waals surface area contributed by atoms with Crippen molar-refractivity contribution in [2.24, 2.45) is 5.92 Å². The third-order valence-corrected chi connectivity index (χ3v) is 5.45. The van der Waals surface area contributed by atoms with E-state index in [9.17, 15) is 0 Å². The van der Waals surface area contributed by atoms with Crippen LogP contribution in [0.1, 0.15) is 63.8 Å². The van der Waals surface area contributed by atoms with Crippen molar-refractivity contribution in [3.63, 3.8) is 0 Å². The van der Waals surface area contributed by atoms with Crippen molar-refractivity contribution in [2.75, 3.05) is 12.3 Å². The molecule has 0 aliphatic carbocycles. The Kier molecular flexibility index (Phi) is 5.19. The first-order valence-electron chi connectivity index (χ1n) is 7.88. The molecule has 1 aliphatic rings. The van der Waals surface area contributed by atoms with Gasteiger partial charge in [0.25, 0.3) is 0 Å². The fourth-order valence-corrected chi connectivity index (χ4v) is 4.02. The number of benzene rings is 1. The fraction of sp³-hybridized carbons (Fsp3) is 0.667. The fourth-order valence-electron chi connectivity index (χ4n) is 2.85. The smallest absolute Gasteiger partial charge is 0.0357 e. The van der Waals surface area contributed by atoms with Crippen molar-refractivity contribution in [2.45, 2.75) is 58.2 Å². The molecule has 2 rings (SSSR count). The van der Waals surface area contributed by atoms with Crippen molar-refractivity contribution < 1.29 is 0 Å². The molecule has 0 aromatic heterocycles. The normalized spacial score (nSPS) is 23.2. The molecule has 2 unspecified atom stereocenters. The molecule has 1 aromatic carbocycles. The molecule has 112 valence electrons. The van der Waals surface area contributed by atoms with Gasteiger partial charge in [-0.1, -0.05) is 52.8 Å². The Hall–Kier alpha value is -0.470. The highest BCUT2D eigenvalue weighted by atomic mass is 32.2. The molecule has 2 atom stereocenters. The summed E-state index contributed by atoms with van der Waals surface area (Å²) in [4.78, 5) is 0. The summed E-state index contributed by atoms with van der Waals surface area (Å²) in [7, 11) is 0. The van der Waals surface area contributed by atoms with E-state index in [0.29, 0.717) is 12.0 Å². The van der Waals surface area contributed by atoms with Gasteiger partial charge in [-0.2, -0.15) is 11.8 Å². The highest BCUT2D eigenvalue weighted by Crippen LogP contribution is 2.36. The summed E-state index contributed by atoms with van der Waals surface area (Å²) in [5, 5.41) is 3.78. The summed E-state index contributed by atoms with van der Waals surface area (Å²) in [6.45, 7) is 12.7. The Morgan fingerprint density at radius 3 is 2.70 bits per heavy atom. The van der Waals surface area contributed by atoms with Crippen LogP contribution in [0.2, 0.25) is 0 Å². The summed E-state index contributed by atoms with van der Waals surface area (Å²) >= 11 is 2.08. The molecule has 0 saturated carbocycles. The van der Waals surface area contributed by atoms with Crippen molar-refractivity contribution in [3.8, 4) is 0 Å². The van der Waals surface area contributed by atoms with Crippen LogP contribution in [0.3, 0.4) is 0 Å². The van der Waals surface area contributed by atoms with Crippen molar-refractivity contribution in [3.05, 3.63) is 34.9 Å². The maximum absolute atomic E-state index is 3.78. The average molecular weight is 292 g/mol. The predicted molar refractivity (Wildman–Crippen MR) is 91.5 cm³/mol. The standard InChI is InChI=1S/C18H29NS/c1-6-9-19-17-13(2)11-20-12-14-7-8-15(10-16(14)17)18(3,4)5/h7-8,10,13,17,19H,6,9,11-12H2,1-5H3. The van der Waals surface area contributed by atoms with Crippen molar-refractivity contribution in [1.29, 1.82) is 0 Å². The van der Waals surface area contributed by atoms with Crippen LogP contribution in [-0.4, -0.2) is 12.3 Å². The number of thioether (sulfide) groups is 1. The largest absolute Gasteiger partial charge is 0.310 e. The van der Waals surface area contributed by atoms with Crippen LogP contribution in [0.4, 0.5) is 0 Å². The van der Waals surface area contributed by atoms with E-state index in [0.717, 1.165) is 12.3 Å². The third kappa shape index (κ3) is 3.59. The number of fused-ring (bicyclic) bond motifs is 1. The first-order chi connectivity index (χ1) is 9.43. The van der Waals surface area contributed by atoms with Gasteiger partial charge in [0.05, 0.1) is 0 Å². The van der Waals surface area contributed by atoms with E-state index < -0.39 is 0 Å². The van der Waals surface area contributed by atoms with Gasteiger partial charge in [-0.25, -0.2) is 0 Å². The first kappa shape index (κ1) is 15.9. The zero-order chi connectivity index (χ0) is 14.8. The number of nitrogens with one attached hydrogen (secondary N) is 1. The third-order valence-electron chi connectivity index (χ3n) is 4.17. The zero-order valence-corrected chi connectivity index (χ0v) is 14.4. The topological polar surface area (TPSA) is 12.0 Å². The summed E-state index contributed by atoms with van der Waals surface area (Å²) in [6, 6.07) is 7.67. The summed E-state index contributed by atoms with van der Waals surface area (Å²) in [6.07, 6.45) is 1.20. The molecule has 0 fully saturated rings. The van der Waals surface area contributed by atoms with Crippen LogP contribution in [0, 0.1) is 5.92 Å². The lowest BCUT2D eigenvalue weighted by molar-refractivity contribution is 0.418. The molecule has 1 heterocycles. The van der Waals surface area contributed by atoms with Gasteiger partial charge < -0.3 is 5.32 Å². The molecule has 1 aromatic rings. The highest BCUT2D eigenvalue weighted by Gasteiger charge is 2.26. The molecule has 1 aliphatic heterocycles. The van der Waals surface area contributed by atoms with E-state index >= 15 is 0 Å².